The third-order valence-corrected chi connectivity index (χ3v) is 6.67. The van der Waals surface area contributed by atoms with Crippen LogP contribution in [0.4, 0.5) is 0 Å². The summed E-state index contributed by atoms with van der Waals surface area (Å²) in [6.07, 6.45) is 10.5. The van der Waals surface area contributed by atoms with Gasteiger partial charge in [0.1, 0.15) is 0 Å². The molecule has 1 aromatic carbocycles. The molecule has 4 rings (SSSR count). The van der Waals surface area contributed by atoms with E-state index in [1.165, 1.54) is 47.8 Å². The van der Waals surface area contributed by atoms with Crippen LogP contribution in [0.15, 0.2) is 53.1 Å². The van der Waals surface area contributed by atoms with Gasteiger partial charge in [-0.1, -0.05) is 60.0 Å². The zero-order chi connectivity index (χ0) is 19.7. The summed E-state index contributed by atoms with van der Waals surface area (Å²) in [5.74, 6) is 0.619. The van der Waals surface area contributed by atoms with Gasteiger partial charge >= 0.3 is 0 Å². The van der Waals surface area contributed by atoms with Crippen LogP contribution in [0.1, 0.15) is 62.6 Å². The van der Waals surface area contributed by atoms with Gasteiger partial charge in [0.2, 0.25) is 0 Å². The number of pyridine rings is 1. The standard InChI is InChI=1S/C14H19NO.C10H14BrN/c1-4-9-15-13(5-1)12-6-10-16-14(11-12)7-2-3-8-14;1-2-12-8-7-9-5-3-4-6-10(9)11/h1,4-5,9,12H,2-3,6-8,10-11H2;3-6,12H,2,7-8H2,1H3. The highest BCUT2D eigenvalue weighted by molar-refractivity contribution is 9.10. The molecule has 2 heterocycles. The molecule has 2 aromatic rings. The molecule has 0 bridgehead atoms. The molecule has 1 atom stereocenters. The second kappa shape index (κ2) is 11.1. The maximum Gasteiger partial charge on any atom is 0.0689 e. The van der Waals surface area contributed by atoms with Crippen molar-refractivity contribution in [3.05, 3.63) is 64.4 Å². The molecule has 1 unspecified atom stereocenters. The molecule has 0 radical (unpaired) electrons. The van der Waals surface area contributed by atoms with Crippen molar-refractivity contribution in [2.24, 2.45) is 0 Å². The van der Waals surface area contributed by atoms with Gasteiger partial charge in [0, 0.05) is 28.9 Å². The Kier molecular flexibility index (Phi) is 8.50. The van der Waals surface area contributed by atoms with E-state index in [-0.39, 0.29) is 5.60 Å². The number of hydrogen-bond acceptors (Lipinski definition) is 3. The predicted octanol–water partition coefficient (Wildman–Crippen LogP) is 5.89. The lowest BCUT2D eigenvalue weighted by Crippen LogP contribution is -2.36. The second-order valence-electron chi connectivity index (χ2n) is 7.88. The summed E-state index contributed by atoms with van der Waals surface area (Å²) in [5, 5.41) is 3.30. The first-order chi connectivity index (χ1) is 13.7. The Morgan fingerprint density at radius 3 is 2.64 bits per heavy atom. The topological polar surface area (TPSA) is 34.1 Å². The molecule has 1 spiro atoms. The van der Waals surface area contributed by atoms with Crippen LogP contribution in [0.2, 0.25) is 0 Å². The van der Waals surface area contributed by atoms with E-state index in [9.17, 15) is 0 Å². The Hall–Kier alpha value is -1.23. The Balaban J connectivity index is 0.000000169. The summed E-state index contributed by atoms with van der Waals surface area (Å²) < 4.78 is 7.26. The van der Waals surface area contributed by atoms with Gasteiger partial charge in [0.15, 0.2) is 0 Å². The van der Waals surface area contributed by atoms with Crippen LogP contribution in [0.5, 0.6) is 0 Å². The van der Waals surface area contributed by atoms with Crippen molar-refractivity contribution in [3.8, 4) is 0 Å². The molecule has 2 fully saturated rings. The minimum atomic E-state index is 0.209. The van der Waals surface area contributed by atoms with Crippen LogP contribution >= 0.6 is 15.9 Å². The molecule has 152 valence electrons. The van der Waals surface area contributed by atoms with Crippen LogP contribution in [-0.4, -0.2) is 30.3 Å². The van der Waals surface area contributed by atoms with E-state index in [0.717, 1.165) is 32.5 Å². The second-order valence-corrected chi connectivity index (χ2v) is 8.73. The Morgan fingerprint density at radius 1 is 1.14 bits per heavy atom. The Bertz CT molecular complexity index is 701. The minimum absolute atomic E-state index is 0.209. The predicted molar refractivity (Wildman–Crippen MR) is 120 cm³/mol. The third kappa shape index (κ3) is 6.13. The van der Waals surface area contributed by atoms with Gasteiger partial charge in [-0.2, -0.15) is 0 Å². The quantitative estimate of drug-likeness (QED) is 0.583. The van der Waals surface area contributed by atoms with Gasteiger partial charge in [-0.3, -0.25) is 4.98 Å². The third-order valence-electron chi connectivity index (χ3n) is 5.89. The first-order valence-electron chi connectivity index (χ1n) is 10.7. The van der Waals surface area contributed by atoms with E-state index in [4.69, 9.17) is 4.74 Å². The van der Waals surface area contributed by atoms with E-state index in [0.29, 0.717) is 5.92 Å². The van der Waals surface area contributed by atoms with Crippen molar-refractivity contribution in [1.82, 2.24) is 10.3 Å². The zero-order valence-electron chi connectivity index (χ0n) is 17.0. The SMILES string of the molecule is CCNCCc1ccccc1Br.c1ccc(C2CCOC3(CCCC3)C2)nc1. The lowest BCUT2D eigenvalue weighted by atomic mass is 9.83. The van der Waals surface area contributed by atoms with Crippen molar-refractivity contribution in [3.63, 3.8) is 0 Å². The number of nitrogens with zero attached hydrogens (tertiary/aromatic N) is 1. The Labute approximate surface area is 178 Å². The van der Waals surface area contributed by atoms with Crippen molar-refractivity contribution in [2.45, 2.75) is 63.4 Å². The molecule has 1 aliphatic carbocycles. The van der Waals surface area contributed by atoms with E-state index in [1.54, 1.807) is 0 Å². The average molecular weight is 445 g/mol. The molecule has 1 N–H and O–H groups in total. The maximum absolute atomic E-state index is 6.05. The fourth-order valence-electron chi connectivity index (χ4n) is 4.37. The number of likely N-dealkylation sites (N-methyl/N-ethyl adjacent to an activating group) is 1. The summed E-state index contributed by atoms with van der Waals surface area (Å²) >= 11 is 3.52. The van der Waals surface area contributed by atoms with E-state index in [1.807, 2.05) is 18.3 Å². The molecular weight excluding hydrogens is 412 g/mol. The number of hydrogen-bond donors (Lipinski definition) is 1. The smallest absolute Gasteiger partial charge is 0.0689 e. The largest absolute Gasteiger partial charge is 0.375 e. The van der Waals surface area contributed by atoms with Gasteiger partial charge in [-0.25, -0.2) is 0 Å². The molecule has 1 aliphatic heterocycles. The molecule has 1 saturated carbocycles. The van der Waals surface area contributed by atoms with Crippen LogP contribution in [0, 0.1) is 0 Å². The van der Waals surface area contributed by atoms with Crippen LogP contribution in [0.3, 0.4) is 0 Å². The van der Waals surface area contributed by atoms with Gasteiger partial charge in [0.05, 0.1) is 5.60 Å². The summed E-state index contributed by atoms with van der Waals surface area (Å²) in [5.41, 5.74) is 2.84. The summed E-state index contributed by atoms with van der Waals surface area (Å²) in [6, 6.07) is 14.6. The van der Waals surface area contributed by atoms with Gasteiger partial charge < -0.3 is 10.1 Å². The minimum Gasteiger partial charge on any atom is -0.375 e. The van der Waals surface area contributed by atoms with Gasteiger partial charge in [-0.15, -0.1) is 0 Å². The highest BCUT2D eigenvalue weighted by Gasteiger charge is 2.40. The fourth-order valence-corrected chi connectivity index (χ4v) is 4.85. The lowest BCUT2D eigenvalue weighted by molar-refractivity contribution is -0.0809. The number of rotatable bonds is 5. The van der Waals surface area contributed by atoms with Crippen LogP contribution < -0.4 is 5.32 Å². The highest BCUT2D eigenvalue weighted by Crippen LogP contribution is 2.44. The molecule has 28 heavy (non-hydrogen) atoms. The molecule has 2 aliphatic rings. The van der Waals surface area contributed by atoms with Crippen molar-refractivity contribution in [1.29, 1.82) is 0 Å². The first kappa shape index (κ1) is 21.5. The average Bonchev–Trinajstić information content (AvgIpc) is 3.18. The van der Waals surface area contributed by atoms with Crippen LogP contribution in [-0.2, 0) is 11.2 Å². The number of nitrogens with one attached hydrogen (secondary N) is 1. The molecule has 0 amide bonds. The zero-order valence-corrected chi connectivity index (χ0v) is 18.6. The molecule has 4 heteroatoms. The van der Waals surface area contributed by atoms with Crippen molar-refractivity contribution >= 4 is 15.9 Å². The highest BCUT2D eigenvalue weighted by atomic mass is 79.9. The monoisotopic (exact) mass is 444 g/mol. The van der Waals surface area contributed by atoms with E-state index >= 15 is 0 Å². The normalized spacial score (nSPS) is 20.6. The van der Waals surface area contributed by atoms with Crippen molar-refractivity contribution < 1.29 is 4.74 Å². The molecule has 3 nitrogen and oxygen atoms in total. The maximum atomic E-state index is 6.05. The molecule has 1 aromatic heterocycles. The molecular formula is C24H33BrN2O. The van der Waals surface area contributed by atoms with E-state index in [2.05, 4.69) is 63.5 Å². The Morgan fingerprint density at radius 2 is 1.93 bits per heavy atom. The fraction of sp³-hybridized carbons (Fsp3) is 0.542. The van der Waals surface area contributed by atoms with Gasteiger partial charge in [-0.05, 0) is 69.0 Å². The number of aromatic nitrogens is 1. The number of halogens is 1. The summed E-state index contributed by atoms with van der Waals surface area (Å²) in [4.78, 5) is 4.50. The number of benzene rings is 1. The first-order valence-corrected chi connectivity index (χ1v) is 11.5. The summed E-state index contributed by atoms with van der Waals surface area (Å²) in [6.45, 7) is 5.14. The van der Waals surface area contributed by atoms with Crippen LogP contribution in [0.25, 0.3) is 0 Å². The van der Waals surface area contributed by atoms with Crippen molar-refractivity contribution in [2.75, 3.05) is 19.7 Å². The number of ether oxygens (including phenoxy) is 1. The van der Waals surface area contributed by atoms with Gasteiger partial charge in [0.25, 0.3) is 0 Å². The lowest BCUT2D eigenvalue weighted by Gasteiger charge is -2.38. The van der Waals surface area contributed by atoms with E-state index < -0.39 is 0 Å². The summed E-state index contributed by atoms with van der Waals surface area (Å²) in [7, 11) is 0. The molecule has 1 saturated heterocycles.